The van der Waals surface area contributed by atoms with Gasteiger partial charge in [0.15, 0.2) is 5.75 Å². The van der Waals surface area contributed by atoms with Crippen molar-refractivity contribution in [2.45, 2.75) is 25.4 Å². The maximum Gasteiger partial charge on any atom is 0.165 e. The van der Waals surface area contributed by atoms with Crippen LogP contribution in [0.4, 0.5) is 0 Å². The summed E-state index contributed by atoms with van der Waals surface area (Å²) >= 11 is 6.06. The fourth-order valence-corrected chi connectivity index (χ4v) is 2.46. The summed E-state index contributed by atoms with van der Waals surface area (Å²) in [6.45, 7) is 1.99. The molecular formula is C14H16ClN3O. The van der Waals surface area contributed by atoms with Crippen molar-refractivity contribution < 1.29 is 4.74 Å². The van der Waals surface area contributed by atoms with E-state index in [-0.39, 0.29) is 0 Å². The molecule has 0 radical (unpaired) electrons. The molecule has 2 aromatic rings. The number of hydrogen-bond donors (Lipinski definition) is 1. The van der Waals surface area contributed by atoms with Gasteiger partial charge in [-0.05, 0) is 31.5 Å². The number of nitrogens with zero attached hydrogens (tertiary/aromatic N) is 2. The Kier molecular flexibility index (Phi) is 3.71. The maximum atomic E-state index is 6.06. The van der Waals surface area contributed by atoms with Crippen molar-refractivity contribution in [3.8, 4) is 11.5 Å². The van der Waals surface area contributed by atoms with Gasteiger partial charge < -0.3 is 10.1 Å². The molecule has 5 heteroatoms. The molecule has 4 nitrogen and oxygen atoms in total. The second-order valence-electron chi connectivity index (χ2n) is 4.72. The van der Waals surface area contributed by atoms with E-state index in [1.165, 1.54) is 12.8 Å². The highest BCUT2D eigenvalue weighted by atomic mass is 35.5. The summed E-state index contributed by atoms with van der Waals surface area (Å²) in [4.78, 5) is 0. The molecule has 0 spiro atoms. The summed E-state index contributed by atoms with van der Waals surface area (Å²) in [7, 11) is 0. The molecule has 0 amide bonds. The predicted molar refractivity (Wildman–Crippen MR) is 74.8 cm³/mol. The molecule has 0 aliphatic carbocycles. The zero-order valence-corrected chi connectivity index (χ0v) is 11.3. The first-order valence-electron chi connectivity index (χ1n) is 6.49. The highest BCUT2D eigenvalue weighted by molar-refractivity contribution is 6.32. The molecule has 1 aromatic heterocycles. The molecule has 1 fully saturated rings. The minimum atomic E-state index is 0.521. The molecule has 1 atom stereocenters. The zero-order valence-electron chi connectivity index (χ0n) is 10.6. The van der Waals surface area contributed by atoms with Crippen molar-refractivity contribution in [1.82, 2.24) is 15.1 Å². The van der Waals surface area contributed by atoms with Crippen LogP contribution in [-0.4, -0.2) is 22.4 Å². The van der Waals surface area contributed by atoms with Crippen molar-refractivity contribution in [3.63, 3.8) is 0 Å². The van der Waals surface area contributed by atoms with Crippen LogP contribution in [0.3, 0.4) is 0 Å². The molecule has 2 heterocycles. The van der Waals surface area contributed by atoms with Crippen molar-refractivity contribution >= 4 is 11.6 Å². The Bertz CT molecular complexity index is 549. The van der Waals surface area contributed by atoms with Crippen LogP contribution in [0.1, 0.15) is 12.8 Å². The summed E-state index contributed by atoms with van der Waals surface area (Å²) in [6, 6.07) is 7.95. The first kappa shape index (κ1) is 12.5. The third-order valence-electron chi connectivity index (χ3n) is 3.24. The molecule has 1 unspecified atom stereocenters. The third kappa shape index (κ3) is 3.08. The van der Waals surface area contributed by atoms with Crippen LogP contribution in [0.25, 0.3) is 0 Å². The second-order valence-corrected chi connectivity index (χ2v) is 5.13. The number of benzene rings is 1. The standard InChI is InChI=1S/C14H16ClN3O/c15-13-5-1-2-6-14(13)19-12-8-17-18(10-12)9-11-4-3-7-16-11/h1-2,5-6,8,10-11,16H,3-4,7,9H2. The van der Waals surface area contributed by atoms with Crippen LogP contribution >= 0.6 is 11.6 Å². The number of halogens is 1. The average Bonchev–Trinajstić information content (AvgIpc) is 3.05. The fraction of sp³-hybridized carbons (Fsp3) is 0.357. The molecule has 3 rings (SSSR count). The second kappa shape index (κ2) is 5.63. The van der Waals surface area contributed by atoms with Crippen molar-refractivity contribution in [2.75, 3.05) is 6.54 Å². The number of nitrogens with one attached hydrogen (secondary N) is 1. The molecule has 0 saturated carbocycles. The van der Waals surface area contributed by atoms with Gasteiger partial charge in [-0.25, -0.2) is 0 Å². The van der Waals surface area contributed by atoms with Gasteiger partial charge in [-0.1, -0.05) is 23.7 Å². The quantitative estimate of drug-likeness (QED) is 0.933. The first-order chi connectivity index (χ1) is 9.31. The Morgan fingerprint density at radius 3 is 3.11 bits per heavy atom. The third-order valence-corrected chi connectivity index (χ3v) is 3.56. The summed E-state index contributed by atoms with van der Waals surface area (Å²) in [6.07, 6.45) is 6.08. The molecular weight excluding hydrogens is 262 g/mol. The van der Waals surface area contributed by atoms with Crippen LogP contribution in [0.15, 0.2) is 36.7 Å². The summed E-state index contributed by atoms with van der Waals surface area (Å²) in [5.41, 5.74) is 0. The topological polar surface area (TPSA) is 39.1 Å². The molecule has 1 aromatic carbocycles. The van der Waals surface area contributed by atoms with Crippen LogP contribution < -0.4 is 10.1 Å². The lowest BCUT2D eigenvalue weighted by Crippen LogP contribution is -2.26. The van der Waals surface area contributed by atoms with E-state index in [0.29, 0.717) is 22.6 Å². The fourth-order valence-electron chi connectivity index (χ4n) is 2.29. The Balaban J connectivity index is 1.66. The van der Waals surface area contributed by atoms with Gasteiger partial charge in [-0.3, -0.25) is 4.68 Å². The largest absolute Gasteiger partial charge is 0.452 e. The van der Waals surface area contributed by atoms with Gasteiger partial charge in [0, 0.05) is 6.04 Å². The van der Waals surface area contributed by atoms with E-state index in [1.54, 1.807) is 6.20 Å². The molecule has 1 N–H and O–H groups in total. The lowest BCUT2D eigenvalue weighted by atomic mass is 10.2. The van der Waals surface area contributed by atoms with Gasteiger partial charge in [-0.2, -0.15) is 5.10 Å². The average molecular weight is 278 g/mol. The van der Waals surface area contributed by atoms with E-state index in [0.717, 1.165) is 13.1 Å². The SMILES string of the molecule is Clc1ccccc1Oc1cnn(CC2CCCN2)c1. The maximum absolute atomic E-state index is 6.06. The zero-order chi connectivity index (χ0) is 13.1. The van der Waals surface area contributed by atoms with Gasteiger partial charge >= 0.3 is 0 Å². The number of aromatic nitrogens is 2. The van der Waals surface area contributed by atoms with Crippen molar-refractivity contribution in [2.24, 2.45) is 0 Å². The van der Waals surface area contributed by atoms with Crippen LogP contribution in [0, 0.1) is 0 Å². The van der Waals surface area contributed by atoms with E-state index in [2.05, 4.69) is 10.4 Å². The molecule has 100 valence electrons. The van der Waals surface area contributed by atoms with E-state index >= 15 is 0 Å². The van der Waals surface area contributed by atoms with Crippen molar-refractivity contribution in [3.05, 3.63) is 41.7 Å². The minimum absolute atomic E-state index is 0.521. The predicted octanol–water partition coefficient (Wildman–Crippen LogP) is 3.08. The summed E-state index contributed by atoms with van der Waals surface area (Å²) < 4.78 is 7.63. The molecule has 1 saturated heterocycles. The molecule has 1 aliphatic heterocycles. The van der Waals surface area contributed by atoms with Gasteiger partial charge in [0.1, 0.15) is 5.75 Å². The monoisotopic (exact) mass is 277 g/mol. The van der Waals surface area contributed by atoms with Gasteiger partial charge in [0.2, 0.25) is 0 Å². The highest BCUT2D eigenvalue weighted by Gasteiger charge is 2.15. The normalized spacial score (nSPS) is 18.7. The van der Waals surface area contributed by atoms with Crippen LogP contribution in [-0.2, 0) is 6.54 Å². The van der Waals surface area contributed by atoms with E-state index < -0.39 is 0 Å². The Morgan fingerprint density at radius 2 is 2.32 bits per heavy atom. The molecule has 0 bridgehead atoms. The van der Waals surface area contributed by atoms with Gasteiger partial charge in [-0.15, -0.1) is 0 Å². The lowest BCUT2D eigenvalue weighted by molar-refractivity contribution is 0.465. The Morgan fingerprint density at radius 1 is 1.42 bits per heavy atom. The lowest BCUT2D eigenvalue weighted by Gasteiger charge is -2.09. The molecule has 1 aliphatic rings. The number of para-hydroxylation sites is 1. The highest BCUT2D eigenvalue weighted by Crippen LogP contribution is 2.28. The van der Waals surface area contributed by atoms with Crippen LogP contribution in [0.2, 0.25) is 5.02 Å². The minimum Gasteiger partial charge on any atom is -0.452 e. The molecule has 19 heavy (non-hydrogen) atoms. The number of rotatable bonds is 4. The van der Waals surface area contributed by atoms with E-state index in [9.17, 15) is 0 Å². The first-order valence-corrected chi connectivity index (χ1v) is 6.87. The van der Waals surface area contributed by atoms with Crippen LogP contribution in [0.5, 0.6) is 11.5 Å². The summed E-state index contributed by atoms with van der Waals surface area (Å²) in [5.74, 6) is 1.37. The van der Waals surface area contributed by atoms with E-state index in [1.807, 2.05) is 35.1 Å². The summed E-state index contributed by atoms with van der Waals surface area (Å²) in [5, 5.41) is 8.37. The Hall–Kier alpha value is -1.52. The number of ether oxygens (including phenoxy) is 1. The van der Waals surface area contributed by atoms with Gasteiger partial charge in [0.05, 0.1) is 24.0 Å². The smallest absolute Gasteiger partial charge is 0.165 e. The van der Waals surface area contributed by atoms with E-state index in [4.69, 9.17) is 16.3 Å². The number of hydrogen-bond acceptors (Lipinski definition) is 3. The van der Waals surface area contributed by atoms with Gasteiger partial charge in [0.25, 0.3) is 0 Å². The van der Waals surface area contributed by atoms with Crippen molar-refractivity contribution in [1.29, 1.82) is 0 Å². The Labute approximate surface area is 117 Å².